The van der Waals surface area contributed by atoms with E-state index >= 15 is 0 Å². The van der Waals surface area contributed by atoms with E-state index in [-0.39, 0.29) is 24.9 Å². The Hall–Kier alpha value is -1.39. The standard InChI is InChI=1S/C8H12N2O3/c1-9-5-8(13)10(3-2-4-11)6-7(9)12/h4H,2-3,5-6H2,1H3. The number of rotatable bonds is 3. The Morgan fingerprint density at radius 3 is 2.62 bits per heavy atom. The smallest absolute Gasteiger partial charge is 0.242 e. The van der Waals surface area contributed by atoms with Gasteiger partial charge in [-0.2, -0.15) is 0 Å². The second-order valence-corrected chi connectivity index (χ2v) is 3.02. The van der Waals surface area contributed by atoms with Crippen LogP contribution < -0.4 is 0 Å². The third-order valence-corrected chi connectivity index (χ3v) is 1.99. The first kappa shape index (κ1) is 9.70. The van der Waals surface area contributed by atoms with Gasteiger partial charge in [-0.15, -0.1) is 0 Å². The number of nitrogens with zero attached hydrogens (tertiary/aromatic N) is 2. The molecule has 0 radical (unpaired) electrons. The monoisotopic (exact) mass is 184 g/mol. The molecule has 1 rings (SSSR count). The second kappa shape index (κ2) is 4.02. The van der Waals surface area contributed by atoms with Crippen LogP contribution in [0.15, 0.2) is 0 Å². The molecule has 0 aromatic rings. The van der Waals surface area contributed by atoms with Crippen molar-refractivity contribution >= 4 is 18.1 Å². The predicted molar refractivity (Wildman–Crippen MR) is 44.9 cm³/mol. The number of carbonyl (C=O) groups excluding carboxylic acids is 3. The summed E-state index contributed by atoms with van der Waals surface area (Å²) in [4.78, 5) is 35.3. The summed E-state index contributed by atoms with van der Waals surface area (Å²) in [5, 5.41) is 0. The van der Waals surface area contributed by atoms with Gasteiger partial charge in [0.25, 0.3) is 0 Å². The van der Waals surface area contributed by atoms with Crippen molar-refractivity contribution in [2.75, 3.05) is 26.7 Å². The topological polar surface area (TPSA) is 57.7 Å². The lowest BCUT2D eigenvalue weighted by atomic mass is 10.3. The Kier molecular flexibility index (Phi) is 3.00. The molecule has 0 bridgehead atoms. The van der Waals surface area contributed by atoms with E-state index in [2.05, 4.69) is 0 Å². The van der Waals surface area contributed by atoms with Crippen LogP contribution in [0.25, 0.3) is 0 Å². The molecule has 0 aromatic heterocycles. The third-order valence-electron chi connectivity index (χ3n) is 1.99. The first-order valence-corrected chi connectivity index (χ1v) is 4.10. The van der Waals surface area contributed by atoms with Gasteiger partial charge >= 0.3 is 0 Å². The van der Waals surface area contributed by atoms with Crippen molar-refractivity contribution < 1.29 is 14.4 Å². The molecule has 72 valence electrons. The zero-order valence-corrected chi connectivity index (χ0v) is 7.52. The predicted octanol–water partition coefficient (Wildman–Crippen LogP) is -1.12. The molecule has 1 fully saturated rings. The molecular weight excluding hydrogens is 172 g/mol. The van der Waals surface area contributed by atoms with Crippen molar-refractivity contribution in [1.29, 1.82) is 0 Å². The number of likely N-dealkylation sites (N-methyl/N-ethyl adjacent to an activating group) is 1. The molecule has 0 saturated carbocycles. The van der Waals surface area contributed by atoms with E-state index in [0.717, 1.165) is 6.29 Å². The fourth-order valence-corrected chi connectivity index (χ4v) is 1.18. The molecule has 1 saturated heterocycles. The van der Waals surface area contributed by atoms with Gasteiger partial charge in [0.05, 0.1) is 13.1 Å². The van der Waals surface area contributed by atoms with E-state index in [1.807, 2.05) is 0 Å². The maximum Gasteiger partial charge on any atom is 0.242 e. The Bertz CT molecular complexity index is 240. The van der Waals surface area contributed by atoms with E-state index in [0.29, 0.717) is 13.0 Å². The molecule has 0 spiro atoms. The molecule has 0 unspecified atom stereocenters. The van der Waals surface area contributed by atoms with Crippen molar-refractivity contribution in [1.82, 2.24) is 9.80 Å². The summed E-state index contributed by atoms with van der Waals surface area (Å²) >= 11 is 0. The highest BCUT2D eigenvalue weighted by Crippen LogP contribution is 2.02. The summed E-state index contributed by atoms with van der Waals surface area (Å²) in [6.07, 6.45) is 1.04. The van der Waals surface area contributed by atoms with Crippen LogP contribution in [0.3, 0.4) is 0 Å². The number of piperazine rings is 1. The fraction of sp³-hybridized carbons (Fsp3) is 0.625. The van der Waals surface area contributed by atoms with Crippen molar-refractivity contribution in [2.45, 2.75) is 6.42 Å². The van der Waals surface area contributed by atoms with Crippen LogP contribution in [-0.4, -0.2) is 54.6 Å². The van der Waals surface area contributed by atoms with Crippen molar-refractivity contribution in [3.8, 4) is 0 Å². The molecule has 13 heavy (non-hydrogen) atoms. The Morgan fingerprint density at radius 1 is 1.31 bits per heavy atom. The van der Waals surface area contributed by atoms with Crippen LogP contribution in [-0.2, 0) is 14.4 Å². The minimum atomic E-state index is -0.0936. The van der Waals surface area contributed by atoms with E-state index in [9.17, 15) is 14.4 Å². The molecule has 2 amide bonds. The highest BCUT2D eigenvalue weighted by Gasteiger charge is 2.26. The molecule has 0 atom stereocenters. The summed E-state index contributed by atoms with van der Waals surface area (Å²) < 4.78 is 0. The quantitative estimate of drug-likeness (QED) is 0.522. The Labute approximate surface area is 76.3 Å². The highest BCUT2D eigenvalue weighted by molar-refractivity contribution is 5.92. The molecule has 0 N–H and O–H groups in total. The summed E-state index contributed by atoms with van der Waals surface area (Å²) in [5.74, 6) is -0.172. The summed E-state index contributed by atoms with van der Waals surface area (Å²) in [7, 11) is 1.59. The average Bonchev–Trinajstić information content (AvgIpc) is 2.09. The van der Waals surface area contributed by atoms with Crippen molar-refractivity contribution in [2.24, 2.45) is 0 Å². The first-order chi connectivity index (χ1) is 6.15. The normalized spacial score (nSPS) is 17.9. The summed E-state index contributed by atoms with van der Waals surface area (Å²) in [6.45, 7) is 0.572. The van der Waals surface area contributed by atoms with Crippen LogP contribution in [0.2, 0.25) is 0 Å². The lowest BCUT2D eigenvalue weighted by molar-refractivity contribution is -0.148. The van der Waals surface area contributed by atoms with Gasteiger partial charge in [0, 0.05) is 20.0 Å². The highest BCUT2D eigenvalue weighted by atomic mass is 16.2. The molecule has 5 heteroatoms. The fourth-order valence-electron chi connectivity index (χ4n) is 1.18. The molecular formula is C8H12N2O3. The molecule has 5 nitrogen and oxygen atoms in total. The number of amides is 2. The first-order valence-electron chi connectivity index (χ1n) is 4.10. The van der Waals surface area contributed by atoms with Crippen molar-refractivity contribution in [3.63, 3.8) is 0 Å². The largest absolute Gasteiger partial charge is 0.335 e. The SMILES string of the molecule is CN1CC(=O)N(CCC=O)CC1=O. The lowest BCUT2D eigenvalue weighted by Crippen LogP contribution is -2.52. The number of aldehydes is 1. The maximum atomic E-state index is 11.3. The Morgan fingerprint density at radius 2 is 2.00 bits per heavy atom. The second-order valence-electron chi connectivity index (χ2n) is 3.02. The molecule has 1 heterocycles. The maximum absolute atomic E-state index is 11.3. The molecule has 0 aliphatic carbocycles. The van der Waals surface area contributed by atoms with Crippen LogP contribution in [0.4, 0.5) is 0 Å². The zero-order chi connectivity index (χ0) is 9.84. The van der Waals surface area contributed by atoms with Gasteiger partial charge in [-0.05, 0) is 0 Å². The molecule has 1 aliphatic rings. The van der Waals surface area contributed by atoms with E-state index in [1.54, 1.807) is 7.05 Å². The van der Waals surface area contributed by atoms with Gasteiger partial charge in [0.15, 0.2) is 0 Å². The third kappa shape index (κ3) is 2.27. The zero-order valence-electron chi connectivity index (χ0n) is 7.52. The van der Waals surface area contributed by atoms with E-state index in [4.69, 9.17) is 0 Å². The van der Waals surface area contributed by atoms with Crippen LogP contribution in [0, 0.1) is 0 Å². The van der Waals surface area contributed by atoms with Gasteiger partial charge in [0.1, 0.15) is 6.29 Å². The molecule has 0 aromatic carbocycles. The lowest BCUT2D eigenvalue weighted by Gasteiger charge is -2.31. The molecule has 1 aliphatic heterocycles. The van der Waals surface area contributed by atoms with Crippen LogP contribution in [0.1, 0.15) is 6.42 Å². The van der Waals surface area contributed by atoms with Gasteiger partial charge in [-0.1, -0.05) is 0 Å². The van der Waals surface area contributed by atoms with Crippen molar-refractivity contribution in [3.05, 3.63) is 0 Å². The van der Waals surface area contributed by atoms with E-state index in [1.165, 1.54) is 9.80 Å². The number of hydrogen-bond acceptors (Lipinski definition) is 3. The van der Waals surface area contributed by atoms with Crippen LogP contribution in [0.5, 0.6) is 0 Å². The Balaban J connectivity index is 2.51. The average molecular weight is 184 g/mol. The van der Waals surface area contributed by atoms with Crippen LogP contribution >= 0.6 is 0 Å². The van der Waals surface area contributed by atoms with E-state index < -0.39 is 0 Å². The minimum Gasteiger partial charge on any atom is -0.335 e. The number of hydrogen-bond donors (Lipinski definition) is 0. The van der Waals surface area contributed by atoms with Gasteiger partial charge in [-0.25, -0.2) is 0 Å². The van der Waals surface area contributed by atoms with Gasteiger partial charge in [0.2, 0.25) is 11.8 Å². The number of carbonyl (C=O) groups is 3. The summed E-state index contributed by atoms with van der Waals surface area (Å²) in [5.41, 5.74) is 0. The van der Waals surface area contributed by atoms with Gasteiger partial charge in [-0.3, -0.25) is 9.59 Å². The minimum absolute atomic E-state index is 0.0782. The summed E-state index contributed by atoms with van der Waals surface area (Å²) in [6, 6.07) is 0. The van der Waals surface area contributed by atoms with Gasteiger partial charge < -0.3 is 14.6 Å².